The van der Waals surface area contributed by atoms with Gasteiger partial charge >= 0.3 is 0 Å². The lowest BCUT2D eigenvalue weighted by Gasteiger charge is -2.06. The molecular formula is C14H12F2N2O2S. The number of halogens is 2. The molecule has 2 aromatic rings. The number of ether oxygens (including phenoxy) is 1. The first kappa shape index (κ1) is 14.1. The van der Waals surface area contributed by atoms with Crippen LogP contribution in [0.1, 0.15) is 6.42 Å². The van der Waals surface area contributed by atoms with Crippen molar-refractivity contribution in [3.05, 3.63) is 35.2 Å². The molecule has 1 saturated heterocycles. The second kappa shape index (κ2) is 5.87. The number of nitrogens with zero attached hydrogens (tertiary/aromatic N) is 1. The minimum Gasteiger partial charge on any atom is -0.381 e. The largest absolute Gasteiger partial charge is 0.381 e. The van der Waals surface area contributed by atoms with Crippen molar-refractivity contribution in [2.75, 3.05) is 18.5 Å². The van der Waals surface area contributed by atoms with Crippen molar-refractivity contribution in [1.29, 1.82) is 0 Å². The number of anilines is 1. The Balaban J connectivity index is 1.78. The fourth-order valence-electron chi connectivity index (χ4n) is 2.14. The highest BCUT2D eigenvalue weighted by Gasteiger charge is 2.24. The van der Waals surface area contributed by atoms with Crippen molar-refractivity contribution in [3.63, 3.8) is 0 Å². The van der Waals surface area contributed by atoms with E-state index < -0.39 is 11.6 Å². The van der Waals surface area contributed by atoms with E-state index in [0.29, 0.717) is 24.8 Å². The molecule has 1 fully saturated rings. The predicted molar refractivity (Wildman–Crippen MR) is 75.0 cm³/mol. The summed E-state index contributed by atoms with van der Waals surface area (Å²) in [6, 6.07) is 3.64. The van der Waals surface area contributed by atoms with Crippen LogP contribution in [0.3, 0.4) is 0 Å². The molecule has 0 aliphatic carbocycles. The van der Waals surface area contributed by atoms with Gasteiger partial charge in [0.2, 0.25) is 5.91 Å². The van der Waals surface area contributed by atoms with Crippen molar-refractivity contribution >= 4 is 22.4 Å². The van der Waals surface area contributed by atoms with Gasteiger partial charge in [0.1, 0.15) is 11.6 Å². The third-order valence-corrected chi connectivity index (χ3v) is 4.01. The summed E-state index contributed by atoms with van der Waals surface area (Å²) in [6.07, 6.45) is 0.673. The molecule has 1 aliphatic rings. The molecule has 4 nitrogen and oxygen atoms in total. The fourth-order valence-corrected chi connectivity index (χ4v) is 2.84. The maximum atomic E-state index is 13.7. The van der Waals surface area contributed by atoms with Crippen LogP contribution in [0.5, 0.6) is 0 Å². The van der Waals surface area contributed by atoms with Crippen molar-refractivity contribution < 1.29 is 18.3 Å². The van der Waals surface area contributed by atoms with E-state index in [-0.39, 0.29) is 23.1 Å². The minimum absolute atomic E-state index is 0.175. The van der Waals surface area contributed by atoms with Gasteiger partial charge in [0.25, 0.3) is 0 Å². The number of rotatable bonds is 3. The maximum absolute atomic E-state index is 13.7. The summed E-state index contributed by atoms with van der Waals surface area (Å²) in [5, 5.41) is 4.50. The molecule has 1 aliphatic heterocycles. The van der Waals surface area contributed by atoms with E-state index in [1.165, 1.54) is 23.6 Å². The lowest BCUT2D eigenvalue weighted by atomic mass is 10.1. The summed E-state index contributed by atoms with van der Waals surface area (Å²) in [7, 11) is 0. The summed E-state index contributed by atoms with van der Waals surface area (Å²) in [6.45, 7) is 0.966. The van der Waals surface area contributed by atoms with Crippen molar-refractivity contribution in [2.24, 2.45) is 5.92 Å². The first-order valence-corrected chi connectivity index (χ1v) is 7.31. The molecule has 7 heteroatoms. The second-order valence-electron chi connectivity index (χ2n) is 4.68. The SMILES string of the molecule is O=C(Nc1nc(-c2c(F)cccc2F)cs1)C1CCOC1. The fraction of sp³-hybridized carbons (Fsp3) is 0.286. The van der Waals surface area contributed by atoms with Crippen molar-refractivity contribution in [2.45, 2.75) is 6.42 Å². The molecular weight excluding hydrogens is 298 g/mol. The average molecular weight is 310 g/mol. The van der Waals surface area contributed by atoms with E-state index in [4.69, 9.17) is 4.74 Å². The van der Waals surface area contributed by atoms with Gasteiger partial charge in [-0.1, -0.05) is 6.07 Å². The molecule has 3 rings (SSSR count). The Bertz CT molecular complexity index is 648. The normalized spacial score (nSPS) is 17.9. The third-order valence-electron chi connectivity index (χ3n) is 3.25. The van der Waals surface area contributed by atoms with Gasteiger partial charge in [-0.05, 0) is 18.6 Å². The van der Waals surface area contributed by atoms with Crippen LogP contribution >= 0.6 is 11.3 Å². The molecule has 1 amide bonds. The summed E-state index contributed by atoms with van der Waals surface area (Å²) in [4.78, 5) is 16.0. The Labute approximate surface area is 123 Å². The quantitative estimate of drug-likeness (QED) is 0.948. The Hall–Kier alpha value is -1.86. The van der Waals surface area contributed by atoms with Gasteiger partial charge in [-0.2, -0.15) is 0 Å². The van der Waals surface area contributed by atoms with Gasteiger partial charge < -0.3 is 10.1 Å². The van der Waals surface area contributed by atoms with Crippen molar-refractivity contribution in [3.8, 4) is 11.3 Å². The first-order chi connectivity index (χ1) is 10.1. The third kappa shape index (κ3) is 2.93. The van der Waals surface area contributed by atoms with Crippen LogP contribution in [-0.2, 0) is 9.53 Å². The Kier molecular flexibility index (Phi) is 3.94. The number of amides is 1. The van der Waals surface area contributed by atoms with Crippen LogP contribution in [-0.4, -0.2) is 24.1 Å². The lowest BCUT2D eigenvalue weighted by molar-refractivity contribution is -0.119. The summed E-state index contributed by atoms with van der Waals surface area (Å²) in [5.74, 6) is -1.73. The number of hydrogen-bond donors (Lipinski definition) is 1. The van der Waals surface area contributed by atoms with Crippen molar-refractivity contribution in [1.82, 2.24) is 4.98 Å². The molecule has 2 heterocycles. The minimum atomic E-state index is -0.678. The molecule has 0 spiro atoms. The standard InChI is InChI=1S/C14H12F2N2O2S/c15-9-2-1-3-10(16)12(9)11-7-21-14(17-11)18-13(19)8-4-5-20-6-8/h1-3,7-8H,4-6H2,(H,17,18,19). The van der Waals surface area contributed by atoms with Crippen LogP contribution in [0.15, 0.2) is 23.6 Å². The van der Waals surface area contributed by atoms with Gasteiger partial charge in [0.15, 0.2) is 5.13 Å². The number of benzene rings is 1. The van der Waals surface area contributed by atoms with E-state index in [1.807, 2.05) is 0 Å². The predicted octanol–water partition coefficient (Wildman–Crippen LogP) is 3.06. The molecule has 1 atom stereocenters. The topological polar surface area (TPSA) is 51.2 Å². The van der Waals surface area contributed by atoms with Crippen LogP contribution in [0, 0.1) is 17.6 Å². The number of carbonyl (C=O) groups is 1. The van der Waals surface area contributed by atoms with E-state index >= 15 is 0 Å². The molecule has 1 unspecified atom stereocenters. The number of thiazole rings is 1. The van der Waals surface area contributed by atoms with Gasteiger partial charge in [-0.15, -0.1) is 11.3 Å². The number of aromatic nitrogens is 1. The Morgan fingerprint density at radius 2 is 2.14 bits per heavy atom. The van der Waals surface area contributed by atoms with Gasteiger partial charge in [0.05, 0.1) is 23.8 Å². The molecule has 110 valence electrons. The zero-order valence-corrected chi connectivity index (χ0v) is 11.8. The van der Waals surface area contributed by atoms with E-state index in [1.54, 1.807) is 0 Å². The zero-order valence-electron chi connectivity index (χ0n) is 10.9. The first-order valence-electron chi connectivity index (χ1n) is 6.43. The van der Waals surface area contributed by atoms with Gasteiger partial charge in [0, 0.05) is 12.0 Å². The molecule has 0 saturated carbocycles. The Morgan fingerprint density at radius 3 is 2.81 bits per heavy atom. The molecule has 21 heavy (non-hydrogen) atoms. The van der Waals surface area contributed by atoms with Gasteiger partial charge in [-0.3, -0.25) is 4.79 Å². The summed E-state index contributed by atoms with van der Waals surface area (Å²) >= 11 is 1.13. The molecule has 0 bridgehead atoms. The average Bonchev–Trinajstić information content (AvgIpc) is 3.10. The van der Waals surface area contributed by atoms with Gasteiger partial charge in [-0.25, -0.2) is 13.8 Å². The maximum Gasteiger partial charge on any atom is 0.231 e. The monoisotopic (exact) mass is 310 g/mol. The summed E-state index contributed by atoms with van der Waals surface area (Å²) < 4.78 is 32.5. The summed E-state index contributed by atoms with van der Waals surface area (Å²) in [5.41, 5.74) is -0.00739. The molecule has 0 radical (unpaired) electrons. The highest BCUT2D eigenvalue weighted by atomic mass is 32.1. The van der Waals surface area contributed by atoms with E-state index in [9.17, 15) is 13.6 Å². The lowest BCUT2D eigenvalue weighted by Crippen LogP contribution is -2.22. The molecule has 1 aromatic carbocycles. The second-order valence-corrected chi connectivity index (χ2v) is 5.54. The Morgan fingerprint density at radius 1 is 1.38 bits per heavy atom. The van der Waals surface area contributed by atoms with Crippen LogP contribution in [0.4, 0.5) is 13.9 Å². The smallest absolute Gasteiger partial charge is 0.231 e. The van der Waals surface area contributed by atoms with Crippen LogP contribution in [0.2, 0.25) is 0 Å². The van der Waals surface area contributed by atoms with Crippen LogP contribution < -0.4 is 5.32 Å². The van der Waals surface area contributed by atoms with Crippen LogP contribution in [0.25, 0.3) is 11.3 Å². The molecule has 1 N–H and O–H groups in total. The number of carbonyl (C=O) groups excluding carboxylic acids is 1. The van der Waals surface area contributed by atoms with E-state index in [0.717, 1.165) is 11.3 Å². The molecule has 1 aromatic heterocycles. The van der Waals surface area contributed by atoms with E-state index in [2.05, 4.69) is 10.3 Å². The number of nitrogens with one attached hydrogen (secondary N) is 1. The highest BCUT2D eigenvalue weighted by Crippen LogP contribution is 2.29. The highest BCUT2D eigenvalue weighted by molar-refractivity contribution is 7.14. The zero-order chi connectivity index (χ0) is 14.8. The number of hydrogen-bond acceptors (Lipinski definition) is 4.